The summed E-state index contributed by atoms with van der Waals surface area (Å²) in [5, 5.41) is 30.8. The average Bonchev–Trinajstić information content (AvgIpc) is 3.90. The van der Waals surface area contributed by atoms with Crippen molar-refractivity contribution in [2.75, 3.05) is 26.2 Å². The number of ether oxygens (including phenoxy) is 2. The number of hydrogen-bond acceptors (Lipinski definition) is 14. The van der Waals surface area contributed by atoms with Crippen LogP contribution >= 0.6 is 0 Å². The number of aliphatic hydroxyl groups is 2. The smallest absolute Gasteiger partial charge is 0.265 e. The Morgan fingerprint density at radius 2 is 0.968 bits per heavy atom. The molecule has 0 saturated carbocycles. The summed E-state index contributed by atoms with van der Waals surface area (Å²) in [6.07, 6.45) is 13.4. The summed E-state index contributed by atoms with van der Waals surface area (Å²) in [6.45, 7) is 17.3. The molecule has 2 aromatic heterocycles. The van der Waals surface area contributed by atoms with Crippen molar-refractivity contribution in [2.24, 2.45) is 11.8 Å². The fourth-order valence-electron chi connectivity index (χ4n) is 8.78. The van der Waals surface area contributed by atoms with E-state index in [1.165, 1.54) is 12.2 Å². The van der Waals surface area contributed by atoms with Crippen LogP contribution in [0.3, 0.4) is 0 Å². The second-order valence-electron chi connectivity index (χ2n) is 15.4. The van der Waals surface area contributed by atoms with Gasteiger partial charge in [0, 0.05) is 38.0 Å². The number of carbonyl (C=O) groups is 4. The Morgan fingerprint density at radius 1 is 0.613 bits per heavy atom. The predicted molar refractivity (Wildman–Crippen MR) is 227 cm³/mol. The van der Waals surface area contributed by atoms with Crippen LogP contribution in [0.2, 0.25) is 0 Å². The first-order valence-electron chi connectivity index (χ1n) is 20.2. The van der Waals surface area contributed by atoms with Crippen LogP contribution in [0, 0.1) is 11.8 Å². The summed E-state index contributed by atoms with van der Waals surface area (Å²) in [7, 11) is 0. The van der Waals surface area contributed by atoms with E-state index in [2.05, 4.69) is 36.6 Å². The highest BCUT2D eigenvalue weighted by Gasteiger charge is 2.63. The number of allylic oxidation sites excluding steroid dienone is 2. The Morgan fingerprint density at radius 3 is 1.31 bits per heavy atom. The lowest BCUT2D eigenvalue weighted by Gasteiger charge is -2.45. The first-order valence-corrected chi connectivity index (χ1v) is 20.2. The number of aromatic nitrogens is 2. The maximum atomic E-state index is 13.4. The fraction of sp³-hybridized carbons (Fsp3) is 0.292. The highest BCUT2D eigenvalue weighted by molar-refractivity contribution is 6.24. The van der Waals surface area contributed by atoms with Gasteiger partial charge in [0.25, 0.3) is 11.8 Å². The standard InChI is InChI=1S/2C24H24N2O5/c2*1-3-13-26(14-4-2)20-17-11-8-12-18(27)24(17,29)22(28)19-21(20)31-25-23(19)30-15-16-9-6-5-7-10-16/h2*3-10,12,17,20,29H,1-2,11,13-15H2/t17?,20-,24+;17?,20-,24-/m00/s1. The van der Waals surface area contributed by atoms with Gasteiger partial charge in [0.1, 0.15) is 24.3 Å². The second-order valence-corrected chi connectivity index (χ2v) is 15.4. The van der Waals surface area contributed by atoms with Crippen molar-refractivity contribution < 1.29 is 47.9 Å². The van der Waals surface area contributed by atoms with Crippen molar-refractivity contribution in [1.82, 2.24) is 20.1 Å². The molecule has 6 atom stereocenters. The maximum Gasteiger partial charge on any atom is 0.265 e. The lowest BCUT2D eigenvalue weighted by molar-refractivity contribution is -0.138. The molecule has 8 rings (SSSR count). The highest BCUT2D eigenvalue weighted by Crippen LogP contribution is 2.51. The van der Waals surface area contributed by atoms with Gasteiger partial charge in [-0.05, 0) is 46.4 Å². The first kappa shape index (κ1) is 43.5. The quantitative estimate of drug-likeness (QED) is 0.0977. The fourth-order valence-corrected chi connectivity index (χ4v) is 8.78. The Labute approximate surface area is 358 Å². The third-order valence-electron chi connectivity index (χ3n) is 11.6. The zero-order valence-corrected chi connectivity index (χ0v) is 34.1. The molecule has 2 N–H and O–H groups in total. The van der Waals surface area contributed by atoms with Crippen LogP contribution in [0.5, 0.6) is 11.8 Å². The van der Waals surface area contributed by atoms with E-state index in [0.717, 1.165) is 11.1 Å². The zero-order chi connectivity index (χ0) is 44.0. The van der Waals surface area contributed by atoms with E-state index in [9.17, 15) is 29.4 Å². The Bertz CT molecular complexity index is 2230. The van der Waals surface area contributed by atoms with E-state index in [1.807, 2.05) is 70.5 Å². The molecule has 14 heteroatoms. The normalized spacial score (nSPS) is 24.6. The number of carbonyl (C=O) groups excluding carboxylic acids is 4. The number of ketones is 4. The van der Waals surface area contributed by atoms with Crippen LogP contribution in [-0.4, -0.2) is 90.8 Å². The van der Waals surface area contributed by atoms with Crippen molar-refractivity contribution in [3.8, 4) is 11.8 Å². The number of rotatable bonds is 16. The maximum absolute atomic E-state index is 13.4. The molecule has 2 aromatic carbocycles. The first-order chi connectivity index (χ1) is 30.0. The van der Waals surface area contributed by atoms with E-state index in [4.69, 9.17) is 18.5 Å². The van der Waals surface area contributed by atoms with Crippen LogP contribution < -0.4 is 9.47 Å². The summed E-state index contributed by atoms with van der Waals surface area (Å²) in [4.78, 5) is 56.2. The van der Waals surface area contributed by atoms with E-state index in [1.54, 1.807) is 36.5 Å². The molecule has 0 spiro atoms. The van der Waals surface area contributed by atoms with Crippen LogP contribution in [0.15, 0.2) is 145 Å². The Kier molecular flexibility index (Phi) is 13.0. The van der Waals surface area contributed by atoms with Crippen molar-refractivity contribution >= 4 is 23.1 Å². The van der Waals surface area contributed by atoms with Gasteiger partial charge in [-0.2, -0.15) is 0 Å². The molecule has 0 amide bonds. The topological polar surface area (TPSA) is 186 Å². The monoisotopic (exact) mass is 840 g/mol. The Balaban J connectivity index is 0.000000186. The molecule has 4 aromatic rings. The number of fused-ring (bicyclic) bond motifs is 4. The summed E-state index contributed by atoms with van der Waals surface area (Å²) in [5.41, 5.74) is -2.62. The van der Waals surface area contributed by atoms with Crippen molar-refractivity contribution in [3.05, 3.63) is 169 Å². The summed E-state index contributed by atoms with van der Waals surface area (Å²) < 4.78 is 22.8. The molecule has 2 unspecified atom stereocenters. The average molecular weight is 841 g/mol. The minimum Gasteiger partial charge on any atom is -0.470 e. The van der Waals surface area contributed by atoms with Gasteiger partial charge in [0.05, 0.1) is 12.1 Å². The third kappa shape index (κ3) is 7.77. The van der Waals surface area contributed by atoms with Gasteiger partial charge in [-0.15, -0.1) is 26.3 Å². The van der Waals surface area contributed by atoms with Crippen molar-refractivity contribution in [2.45, 2.75) is 49.3 Å². The van der Waals surface area contributed by atoms with Crippen LogP contribution in [-0.2, 0) is 22.8 Å². The molecule has 4 aliphatic rings. The molecule has 4 aliphatic carbocycles. The predicted octanol–water partition coefficient (Wildman–Crippen LogP) is 6.08. The lowest BCUT2D eigenvalue weighted by Crippen LogP contribution is -2.60. The van der Waals surface area contributed by atoms with Crippen LogP contribution in [0.4, 0.5) is 0 Å². The van der Waals surface area contributed by atoms with E-state index >= 15 is 0 Å². The minimum absolute atomic E-state index is 0.0152. The Hall–Kier alpha value is -6.58. The molecule has 0 fully saturated rings. The lowest BCUT2D eigenvalue weighted by atomic mass is 9.65. The summed E-state index contributed by atoms with van der Waals surface area (Å²) in [6, 6.07) is 17.6. The van der Waals surface area contributed by atoms with E-state index in [0.29, 0.717) is 39.0 Å². The minimum atomic E-state index is -2.20. The second kappa shape index (κ2) is 18.6. The molecule has 0 radical (unpaired) electrons. The van der Waals surface area contributed by atoms with Gasteiger partial charge < -0.3 is 28.7 Å². The zero-order valence-electron chi connectivity index (χ0n) is 34.1. The van der Waals surface area contributed by atoms with Gasteiger partial charge in [0.2, 0.25) is 11.6 Å². The number of hydrogen-bond donors (Lipinski definition) is 2. The molecular formula is C48H48N4O10. The van der Waals surface area contributed by atoms with E-state index in [-0.39, 0.29) is 47.6 Å². The molecule has 0 bridgehead atoms. The highest BCUT2D eigenvalue weighted by atomic mass is 16.5. The van der Waals surface area contributed by atoms with Gasteiger partial charge >= 0.3 is 0 Å². The molecule has 0 saturated heterocycles. The van der Waals surface area contributed by atoms with Gasteiger partial charge in [0.15, 0.2) is 34.3 Å². The number of Topliss-reactive ketones (excluding diaryl/α,β-unsaturated/α-hetero) is 2. The largest absolute Gasteiger partial charge is 0.470 e. The van der Waals surface area contributed by atoms with E-state index < -0.39 is 58.3 Å². The third-order valence-corrected chi connectivity index (χ3v) is 11.6. The molecule has 0 aliphatic heterocycles. The number of benzene rings is 2. The van der Waals surface area contributed by atoms with Gasteiger partial charge in [-0.3, -0.25) is 29.0 Å². The summed E-state index contributed by atoms with van der Waals surface area (Å²) >= 11 is 0. The SMILES string of the molecule is C=CCN(CC=C)[C@@H]1c2onc(OCc3ccccc3)c2C(=O)[C@@]2(O)C(=O)C=CCC12.C=CCN(CC=C)[C@@H]1c2onc(OCc3ccccc3)c2C(=O)[C@]2(O)C(=O)C=CCC12. The van der Waals surface area contributed by atoms with Crippen molar-refractivity contribution in [3.63, 3.8) is 0 Å². The summed E-state index contributed by atoms with van der Waals surface area (Å²) in [5.74, 6) is -3.68. The molecular weight excluding hydrogens is 793 g/mol. The van der Waals surface area contributed by atoms with Gasteiger partial charge in [-0.1, -0.05) is 97.1 Å². The molecule has 2 heterocycles. The van der Waals surface area contributed by atoms with Crippen molar-refractivity contribution in [1.29, 1.82) is 0 Å². The molecule has 62 heavy (non-hydrogen) atoms. The number of nitrogens with zero attached hydrogens (tertiary/aromatic N) is 4. The van der Waals surface area contributed by atoms with Crippen LogP contribution in [0.1, 0.15) is 68.3 Å². The van der Waals surface area contributed by atoms with Crippen LogP contribution in [0.25, 0.3) is 0 Å². The molecule has 320 valence electrons. The van der Waals surface area contributed by atoms with Gasteiger partial charge in [-0.25, -0.2) is 0 Å². The molecule has 14 nitrogen and oxygen atoms in total.